The summed E-state index contributed by atoms with van der Waals surface area (Å²) in [5.41, 5.74) is 1.06. The number of aliphatic hydroxyl groups is 1. The Morgan fingerprint density at radius 3 is 2.29 bits per heavy atom. The summed E-state index contributed by atoms with van der Waals surface area (Å²) < 4.78 is 4.24. The van der Waals surface area contributed by atoms with Crippen LogP contribution in [0.5, 0.6) is 0 Å². The van der Waals surface area contributed by atoms with Gasteiger partial charge in [0.15, 0.2) is 6.54 Å². The van der Waals surface area contributed by atoms with E-state index in [0.717, 1.165) is 44.1 Å². The van der Waals surface area contributed by atoms with Crippen molar-refractivity contribution in [1.82, 2.24) is 0 Å². The fourth-order valence-electron chi connectivity index (χ4n) is 3.29. The summed E-state index contributed by atoms with van der Waals surface area (Å²) in [5, 5.41) is 12.7. The van der Waals surface area contributed by atoms with Crippen LogP contribution < -0.4 is 4.90 Å². The topological polar surface area (TPSA) is 26.5 Å². The van der Waals surface area contributed by atoms with Crippen LogP contribution in [0.1, 0.15) is 12.0 Å². The number of thioether (sulfide) groups is 1. The number of amidine groups is 1. The zero-order valence-electron chi connectivity index (χ0n) is 13.0. The lowest BCUT2D eigenvalue weighted by molar-refractivity contribution is -0.656. The number of anilines is 1. The zero-order valence-corrected chi connectivity index (χ0v) is 16.9. The summed E-state index contributed by atoms with van der Waals surface area (Å²) >= 11 is 8.80. The van der Waals surface area contributed by atoms with Crippen molar-refractivity contribution in [2.45, 2.75) is 12.1 Å². The second kappa shape index (κ2) is 6.48. The van der Waals surface area contributed by atoms with Crippen molar-refractivity contribution in [3.05, 3.63) is 63.0 Å². The number of benzene rings is 2. The van der Waals surface area contributed by atoms with Gasteiger partial charge in [0.1, 0.15) is 5.69 Å². The molecule has 2 aliphatic heterocycles. The molecule has 2 aliphatic rings. The van der Waals surface area contributed by atoms with Crippen molar-refractivity contribution in [1.29, 1.82) is 0 Å². The van der Waals surface area contributed by atoms with E-state index in [1.165, 1.54) is 0 Å². The molecule has 0 fully saturated rings. The van der Waals surface area contributed by atoms with E-state index >= 15 is 0 Å². The third kappa shape index (κ3) is 2.83. The number of hydrogen-bond donors (Lipinski definition) is 1. The fourth-order valence-corrected chi connectivity index (χ4v) is 5.00. The third-order valence-electron chi connectivity index (χ3n) is 4.49. The Morgan fingerprint density at radius 2 is 1.62 bits per heavy atom. The predicted molar refractivity (Wildman–Crippen MR) is 107 cm³/mol. The largest absolute Gasteiger partial charge is 0.346 e. The van der Waals surface area contributed by atoms with E-state index in [4.69, 9.17) is 0 Å². The predicted octanol–water partition coefficient (Wildman–Crippen LogP) is 4.38. The maximum Gasteiger partial charge on any atom is 0.316 e. The van der Waals surface area contributed by atoms with Gasteiger partial charge in [-0.05, 0) is 54.6 Å². The molecular formula is C18H17Br2N2OS+. The van der Waals surface area contributed by atoms with Gasteiger partial charge in [0.2, 0.25) is 0 Å². The Balaban J connectivity index is 1.78. The lowest BCUT2D eigenvalue weighted by Gasteiger charge is -2.24. The molecule has 0 amide bonds. The molecule has 124 valence electrons. The van der Waals surface area contributed by atoms with Gasteiger partial charge in [-0.2, -0.15) is 0 Å². The first-order valence-corrected chi connectivity index (χ1v) is 10.4. The van der Waals surface area contributed by atoms with E-state index in [0.29, 0.717) is 6.54 Å². The molecule has 3 nitrogen and oxygen atoms in total. The Kier molecular flexibility index (Phi) is 4.49. The van der Waals surface area contributed by atoms with Crippen LogP contribution >= 0.6 is 43.6 Å². The lowest BCUT2D eigenvalue weighted by atomic mass is 10.0. The van der Waals surface area contributed by atoms with Crippen molar-refractivity contribution in [3.63, 3.8) is 0 Å². The van der Waals surface area contributed by atoms with Crippen molar-refractivity contribution in [2.24, 2.45) is 0 Å². The monoisotopic (exact) mass is 467 g/mol. The second-order valence-corrected chi connectivity index (χ2v) is 8.92. The average Bonchev–Trinajstić information content (AvgIpc) is 2.91. The Hall–Kier alpha value is -0.820. The fraction of sp³-hybridized carbons (Fsp3) is 0.278. The highest BCUT2D eigenvalue weighted by Crippen LogP contribution is 2.38. The number of β-amino-alcohol motifs (C(OH)–C–C–N with tert-alkyl or cyclic N) is 1. The molecule has 6 heteroatoms. The summed E-state index contributed by atoms with van der Waals surface area (Å²) in [4.78, 5) is 2.23. The molecule has 0 saturated heterocycles. The van der Waals surface area contributed by atoms with Crippen LogP contribution in [0.3, 0.4) is 0 Å². The van der Waals surface area contributed by atoms with Crippen LogP contribution in [-0.4, -0.2) is 33.7 Å². The van der Waals surface area contributed by atoms with Gasteiger partial charge in [-0.1, -0.05) is 44.0 Å². The minimum absolute atomic E-state index is 0.540. The SMILES string of the molecule is O[C@@]1(c2ccc(Br)cc2)CN(c2ccc(Br)cc2)C2=[N+]1CCCS2. The molecule has 0 saturated carbocycles. The first kappa shape index (κ1) is 16.6. The van der Waals surface area contributed by atoms with Gasteiger partial charge in [0, 0.05) is 20.3 Å². The minimum Gasteiger partial charge on any atom is -0.346 e. The highest BCUT2D eigenvalue weighted by Gasteiger charge is 2.53. The van der Waals surface area contributed by atoms with E-state index in [9.17, 15) is 5.11 Å². The molecule has 0 aromatic heterocycles. The van der Waals surface area contributed by atoms with Crippen LogP contribution in [0.15, 0.2) is 57.5 Å². The summed E-state index contributed by atoms with van der Waals surface area (Å²) in [6.45, 7) is 1.42. The smallest absolute Gasteiger partial charge is 0.316 e. The normalized spacial score (nSPS) is 23.5. The van der Waals surface area contributed by atoms with Gasteiger partial charge in [-0.15, -0.1) is 0 Å². The van der Waals surface area contributed by atoms with Gasteiger partial charge in [-0.25, -0.2) is 9.48 Å². The van der Waals surface area contributed by atoms with E-state index < -0.39 is 5.72 Å². The molecule has 2 aromatic carbocycles. The summed E-state index contributed by atoms with van der Waals surface area (Å²) in [7, 11) is 0. The van der Waals surface area contributed by atoms with Gasteiger partial charge in [0.25, 0.3) is 5.72 Å². The molecule has 1 atom stereocenters. The molecule has 2 heterocycles. The van der Waals surface area contributed by atoms with Gasteiger partial charge in [0.05, 0.1) is 6.54 Å². The molecule has 0 spiro atoms. The van der Waals surface area contributed by atoms with Gasteiger partial charge < -0.3 is 5.11 Å². The Bertz CT molecular complexity index is 792. The van der Waals surface area contributed by atoms with E-state index in [-0.39, 0.29) is 0 Å². The molecular weight excluding hydrogens is 452 g/mol. The number of hydrogen-bond acceptors (Lipinski definition) is 3. The van der Waals surface area contributed by atoms with Gasteiger partial charge >= 0.3 is 5.17 Å². The van der Waals surface area contributed by atoms with Crippen LogP contribution in [0.2, 0.25) is 0 Å². The molecule has 1 N–H and O–H groups in total. The van der Waals surface area contributed by atoms with Crippen LogP contribution in [0.4, 0.5) is 5.69 Å². The standard InChI is InChI=1S/C18H17Br2N2OS/c19-14-4-2-13(3-5-14)18(23)12-21(16-8-6-15(20)7-9-16)17-22(18)10-1-11-24-17/h2-9,23H,1,10-12H2/q+1/t18-/m1/s1. The lowest BCUT2D eigenvalue weighted by Crippen LogP contribution is -2.41. The summed E-state index contributed by atoms with van der Waals surface area (Å²) in [5.74, 6) is 1.09. The Labute approximate surface area is 162 Å². The quantitative estimate of drug-likeness (QED) is 0.662. The summed E-state index contributed by atoms with van der Waals surface area (Å²) in [6, 6.07) is 16.3. The van der Waals surface area contributed by atoms with Crippen molar-refractivity contribution >= 4 is 54.5 Å². The minimum atomic E-state index is -0.990. The van der Waals surface area contributed by atoms with E-state index in [1.807, 2.05) is 48.2 Å². The van der Waals surface area contributed by atoms with Crippen LogP contribution in [0.25, 0.3) is 0 Å². The molecule has 2 aromatic rings. The molecule has 0 unspecified atom stereocenters. The molecule has 0 radical (unpaired) electrons. The molecule has 24 heavy (non-hydrogen) atoms. The van der Waals surface area contributed by atoms with E-state index in [2.05, 4.69) is 53.5 Å². The average molecular weight is 469 g/mol. The Morgan fingerprint density at radius 1 is 1.00 bits per heavy atom. The maximum atomic E-state index is 11.6. The van der Waals surface area contributed by atoms with Crippen molar-refractivity contribution in [3.8, 4) is 0 Å². The zero-order chi connectivity index (χ0) is 16.7. The third-order valence-corrected chi connectivity index (χ3v) is 6.74. The second-order valence-electron chi connectivity index (χ2n) is 6.02. The van der Waals surface area contributed by atoms with Crippen LogP contribution in [0, 0.1) is 0 Å². The highest BCUT2D eigenvalue weighted by molar-refractivity contribution is 9.10. The molecule has 4 rings (SSSR count). The van der Waals surface area contributed by atoms with Crippen molar-refractivity contribution < 1.29 is 9.68 Å². The maximum absolute atomic E-state index is 11.6. The van der Waals surface area contributed by atoms with Gasteiger partial charge in [-0.3, -0.25) is 0 Å². The highest BCUT2D eigenvalue weighted by atomic mass is 79.9. The number of nitrogens with zero attached hydrogens (tertiary/aromatic N) is 2. The number of rotatable bonds is 2. The number of halogens is 2. The first-order valence-electron chi connectivity index (χ1n) is 7.87. The summed E-state index contributed by atoms with van der Waals surface area (Å²) in [6.07, 6.45) is 1.08. The van der Waals surface area contributed by atoms with Crippen LogP contribution in [-0.2, 0) is 5.72 Å². The first-order chi connectivity index (χ1) is 11.6. The van der Waals surface area contributed by atoms with E-state index in [1.54, 1.807) is 0 Å². The molecule has 0 aliphatic carbocycles. The van der Waals surface area contributed by atoms with Crippen molar-refractivity contribution in [2.75, 3.05) is 23.7 Å². The molecule has 0 bridgehead atoms.